The number of phenols is 1. The van der Waals surface area contributed by atoms with E-state index < -0.39 is 0 Å². The maximum Gasteiger partial charge on any atom is 0.166 e. The number of ketones is 1. The van der Waals surface area contributed by atoms with Gasteiger partial charge in [0.05, 0.1) is 5.56 Å². The average Bonchev–Trinajstić information content (AvgIpc) is 2.68. The minimum atomic E-state index is -0.281. The van der Waals surface area contributed by atoms with Crippen molar-refractivity contribution in [2.45, 2.75) is 51.9 Å². The molecule has 0 aliphatic heterocycles. The molecule has 0 aromatic heterocycles. The van der Waals surface area contributed by atoms with Gasteiger partial charge in [0.2, 0.25) is 0 Å². The predicted octanol–water partition coefficient (Wildman–Crippen LogP) is 6.64. The molecule has 1 aliphatic carbocycles. The van der Waals surface area contributed by atoms with Gasteiger partial charge in [0.15, 0.2) is 5.78 Å². The van der Waals surface area contributed by atoms with Crippen LogP contribution in [0.2, 0.25) is 0 Å². The smallest absolute Gasteiger partial charge is 0.166 e. The summed E-state index contributed by atoms with van der Waals surface area (Å²) < 4.78 is 14.8. The van der Waals surface area contributed by atoms with Gasteiger partial charge in [-0.3, -0.25) is 4.79 Å². The molecular formula is C24H27FO2. The van der Waals surface area contributed by atoms with Crippen LogP contribution >= 0.6 is 0 Å². The Labute approximate surface area is 160 Å². The normalized spacial score (nSPS) is 20.1. The van der Waals surface area contributed by atoms with Gasteiger partial charge in [0.1, 0.15) is 11.6 Å². The SMILES string of the molecule is CC=CC1CCC(c2ccc(-c3ccc(C(=O)CC)c(O)c3)c(F)c2)CC1. The Balaban J connectivity index is 1.79. The van der Waals surface area contributed by atoms with Crippen LogP contribution in [0.1, 0.15) is 67.8 Å². The summed E-state index contributed by atoms with van der Waals surface area (Å²) in [6, 6.07) is 10.2. The summed E-state index contributed by atoms with van der Waals surface area (Å²) in [6.07, 6.45) is 9.20. The first-order chi connectivity index (χ1) is 13.0. The van der Waals surface area contributed by atoms with E-state index in [0.717, 1.165) is 31.2 Å². The molecule has 27 heavy (non-hydrogen) atoms. The molecule has 0 bridgehead atoms. The van der Waals surface area contributed by atoms with Crippen LogP contribution in [0.4, 0.5) is 4.39 Å². The molecule has 0 unspecified atom stereocenters. The third-order valence-corrected chi connectivity index (χ3v) is 5.63. The predicted molar refractivity (Wildman–Crippen MR) is 108 cm³/mol. The Morgan fingerprint density at radius 1 is 1.15 bits per heavy atom. The number of rotatable bonds is 5. The fourth-order valence-electron chi connectivity index (χ4n) is 4.06. The number of aromatic hydroxyl groups is 1. The Hall–Kier alpha value is -2.42. The van der Waals surface area contributed by atoms with Crippen LogP contribution < -0.4 is 0 Å². The van der Waals surface area contributed by atoms with Crippen LogP contribution in [0.3, 0.4) is 0 Å². The van der Waals surface area contributed by atoms with Gasteiger partial charge in [-0.1, -0.05) is 37.3 Å². The van der Waals surface area contributed by atoms with E-state index in [1.54, 1.807) is 31.2 Å². The average molecular weight is 366 g/mol. The van der Waals surface area contributed by atoms with E-state index in [1.165, 1.54) is 6.07 Å². The van der Waals surface area contributed by atoms with Gasteiger partial charge >= 0.3 is 0 Å². The number of phenolic OH excluding ortho intramolecular Hbond substituents is 1. The van der Waals surface area contributed by atoms with Gasteiger partial charge in [-0.15, -0.1) is 0 Å². The van der Waals surface area contributed by atoms with Gasteiger partial charge in [-0.05, 0) is 73.8 Å². The summed E-state index contributed by atoms with van der Waals surface area (Å²) in [7, 11) is 0. The van der Waals surface area contributed by atoms with E-state index >= 15 is 0 Å². The highest BCUT2D eigenvalue weighted by atomic mass is 19.1. The largest absolute Gasteiger partial charge is 0.507 e. The molecule has 3 rings (SSSR count). The third-order valence-electron chi connectivity index (χ3n) is 5.63. The summed E-state index contributed by atoms with van der Waals surface area (Å²) in [6.45, 7) is 3.81. The minimum absolute atomic E-state index is 0.0925. The van der Waals surface area contributed by atoms with E-state index in [4.69, 9.17) is 0 Å². The van der Waals surface area contributed by atoms with Crippen LogP contribution in [-0.2, 0) is 0 Å². The van der Waals surface area contributed by atoms with Crippen molar-refractivity contribution in [3.05, 3.63) is 65.5 Å². The number of benzene rings is 2. The first kappa shape index (κ1) is 19.3. The Morgan fingerprint density at radius 2 is 1.89 bits per heavy atom. The van der Waals surface area contributed by atoms with E-state index in [0.29, 0.717) is 29.4 Å². The molecule has 2 aromatic rings. The van der Waals surface area contributed by atoms with Crippen LogP contribution in [-0.4, -0.2) is 10.9 Å². The highest BCUT2D eigenvalue weighted by Gasteiger charge is 2.22. The van der Waals surface area contributed by atoms with Crippen LogP contribution in [0.5, 0.6) is 5.75 Å². The monoisotopic (exact) mass is 366 g/mol. The molecule has 1 fully saturated rings. The maximum atomic E-state index is 14.8. The van der Waals surface area contributed by atoms with Gasteiger partial charge in [-0.25, -0.2) is 4.39 Å². The summed E-state index contributed by atoms with van der Waals surface area (Å²) in [5.74, 6) is 0.571. The Bertz CT molecular complexity index is 845. The highest BCUT2D eigenvalue weighted by Crippen LogP contribution is 2.38. The molecule has 2 aromatic carbocycles. The van der Waals surface area contributed by atoms with Crippen LogP contribution in [0.25, 0.3) is 11.1 Å². The maximum absolute atomic E-state index is 14.8. The van der Waals surface area contributed by atoms with E-state index in [1.807, 2.05) is 6.07 Å². The summed E-state index contributed by atoms with van der Waals surface area (Å²) in [4.78, 5) is 11.8. The zero-order valence-electron chi connectivity index (χ0n) is 16.0. The van der Waals surface area contributed by atoms with E-state index in [2.05, 4.69) is 19.1 Å². The summed E-state index contributed by atoms with van der Waals surface area (Å²) >= 11 is 0. The Kier molecular flexibility index (Phi) is 6.10. The molecule has 3 heteroatoms. The molecule has 0 amide bonds. The second-order valence-corrected chi connectivity index (χ2v) is 7.39. The molecular weight excluding hydrogens is 339 g/mol. The number of allylic oxidation sites excluding steroid dienone is 2. The van der Waals surface area contributed by atoms with Crippen molar-refractivity contribution in [3.63, 3.8) is 0 Å². The molecule has 142 valence electrons. The van der Waals surface area contributed by atoms with E-state index in [9.17, 15) is 14.3 Å². The zero-order chi connectivity index (χ0) is 19.4. The number of hydrogen-bond donors (Lipinski definition) is 1. The Morgan fingerprint density at radius 3 is 2.48 bits per heavy atom. The van der Waals surface area contributed by atoms with Crippen molar-refractivity contribution in [2.75, 3.05) is 0 Å². The van der Waals surface area contributed by atoms with Gasteiger partial charge < -0.3 is 5.11 Å². The number of carbonyl (C=O) groups excluding carboxylic acids is 1. The summed E-state index contributed by atoms with van der Waals surface area (Å²) in [5, 5.41) is 10.1. The van der Waals surface area contributed by atoms with Gasteiger partial charge in [-0.2, -0.15) is 0 Å². The number of halogens is 1. The quantitative estimate of drug-likeness (QED) is 0.476. The second-order valence-electron chi connectivity index (χ2n) is 7.39. The zero-order valence-corrected chi connectivity index (χ0v) is 16.0. The van der Waals surface area contributed by atoms with Crippen molar-refractivity contribution in [3.8, 4) is 16.9 Å². The topological polar surface area (TPSA) is 37.3 Å². The lowest BCUT2D eigenvalue weighted by Crippen LogP contribution is -2.12. The minimum Gasteiger partial charge on any atom is -0.507 e. The first-order valence-corrected chi connectivity index (χ1v) is 9.82. The molecule has 0 saturated heterocycles. The molecule has 0 radical (unpaired) electrons. The lowest BCUT2D eigenvalue weighted by Gasteiger charge is -2.27. The molecule has 1 aliphatic rings. The van der Waals surface area contributed by atoms with Crippen molar-refractivity contribution in [1.29, 1.82) is 0 Å². The second kappa shape index (κ2) is 8.51. The number of carbonyl (C=O) groups is 1. The lowest BCUT2D eigenvalue weighted by atomic mass is 9.78. The summed E-state index contributed by atoms with van der Waals surface area (Å²) in [5.41, 5.74) is 2.38. The van der Waals surface area contributed by atoms with Crippen molar-refractivity contribution in [2.24, 2.45) is 5.92 Å². The molecule has 0 spiro atoms. The molecule has 1 N–H and O–H groups in total. The third kappa shape index (κ3) is 4.29. The molecule has 1 saturated carbocycles. The van der Waals surface area contributed by atoms with Gasteiger partial charge in [0, 0.05) is 12.0 Å². The fourth-order valence-corrected chi connectivity index (χ4v) is 4.06. The molecule has 0 atom stereocenters. The van der Waals surface area contributed by atoms with Gasteiger partial charge in [0.25, 0.3) is 0 Å². The molecule has 0 heterocycles. The number of hydrogen-bond acceptors (Lipinski definition) is 2. The lowest BCUT2D eigenvalue weighted by molar-refractivity contribution is 0.0985. The van der Waals surface area contributed by atoms with Crippen molar-refractivity contribution in [1.82, 2.24) is 0 Å². The fraction of sp³-hybridized carbons (Fsp3) is 0.375. The number of Topliss-reactive ketones (excluding diaryl/α,β-unsaturated/α-hetero) is 1. The van der Waals surface area contributed by atoms with E-state index in [-0.39, 0.29) is 22.9 Å². The first-order valence-electron chi connectivity index (χ1n) is 9.82. The van der Waals surface area contributed by atoms with Crippen LogP contribution in [0, 0.1) is 11.7 Å². The van der Waals surface area contributed by atoms with Crippen molar-refractivity contribution >= 4 is 5.78 Å². The van der Waals surface area contributed by atoms with Crippen molar-refractivity contribution < 1.29 is 14.3 Å². The molecule has 2 nitrogen and oxygen atoms in total. The highest BCUT2D eigenvalue weighted by molar-refractivity contribution is 5.99. The van der Waals surface area contributed by atoms with Crippen LogP contribution in [0.15, 0.2) is 48.6 Å². The standard InChI is InChI=1S/C24H27FO2/c1-3-5-16-6-8-17(9-7-16)18-10-12-20(22(25)14-18)19-11-13-21(23(26)4-2)24(27)15-19/h3,5,10-17,27H,4,6-9H2,1-2H3.